The number of Topliss-reactive ketones (excluding diaryl/α,β-unsaturated/α-hetero) is 1. The van der Waals surface area contributed by atoms with E-state index in [0.29, 0.717) is 28.4 Å². The van der Waals surface area contributed by atoms with Crippen LogP contribution in [0.3, 0.4) is 0 Å². The summed E-state index contributed by atoms with van der Waals surface area (Å²) in [5.74, 6) is 0.742. The minimum absolute atomic E-state index is 0.0643. The van der Waals surface area contributed by atoms with E-state index in [2.05, 4.69) is 19.9 Å². The Morgan fingerprint density at radius 1 is 1.21 bits per heavy atom. The zero-order chi connectivity index (χ0) is 13.2. The minimum atomic E-state index is -0.0643. The molecule has 0 atom stereocenters. The summed E-state index contributed by atoms with van der Waals surface area (Å²) in [4.78, 5) is 26.5. The monoisotopic (exact) mass is 254 g/mol. The molecular formula is C13H10N4O2. The van der Waals surface area contributed by atoms with Gasteiger partial charge in [0, 0.05) is 0 Å². The van der Waals surface area contributed by atoms with Gasteiger partial charge in [0.25, 0.3) is 0 Å². The molecule has 19 heavy (non-hydrogen) atoms. The Kier molecular flexibility index (Phi) is 2.68. The molecule has 1 aromatic carbocycles. The average Bonchev–Trinajstić information content (AvgIpc) is 2.88. The molecule has 3 rings (SSSR count). The van der Waals surface area contributed by atoms with E-state index in [9.17, 15) is 4.79 Å². The van der Waals surface area contributed by atoms with Gasteiger partial charge < -0.3 is 9.72 Å². The molecule has 0 amide bonds. The van der Waals surface area contributed by atoms with Crippen LogP contribution in [0.15, 0.2) is 36.9 Å². The van der Waals surface area contributed by atoms with E-state index in [1.807, 2.05) is 0 Å². The lowest BCUT2D eigenvalue weighted by atomic mass is 10.1. The van der Waals surface area contributed by atoms with Crippen LogP contribution in [0, 0.1) is 0 Å². The Bertz CT molecular complexity index is 751. The molecule has 0 unspecified atom stereocenters. The predicted octanol–water partition coefficient (Wildman–Crippen LogP) is 2.35. The van der Waals surface area contributed by atoms with E-state index in [1.165, 1.54) is 19.6 Å². The van der Waals surface area contributed by atoms with Crippen molar-refractivity contribution in [1.82, 2.24) is 19.9 Å². The summed E-state index contributed by atoms with van der Waals surface area (Å²) in [7, 11) is 0. The number of para-hydroxylation sites is 1. The van der Waals surface area contributed by atoms with Crippen LogP contribution < -0.4 is 4.74 Å². The van der Waals surface area contributed by atoms with Crippen LogP contribution in [0.25, 0.3) is 11.2 Å². The highest BCUT2D eigenvalue weighted by Gasteiger charge is 2.12. The van der Waals surface area contributed by atoms with E-state index >= 15 is 0 Å². The SMILES string of the molecule is CC(=O)c1ccccc1Oc1ncnc2nc[nH]c12. The Hall–Kier alpha value is -2.76. The fourth-order valence-corrected chi connectivity index (χ4v) is 1.77. The first-order valence-corrected chi connectivity index (χ1v) is 5.67. The Morgan fingerprint density at radius 3 is 2.89 bits per heavy atom. The fourth-order valence-electron chi connectivity index (χ4n) is 1.77. The quantitative estimate of drug-likeness (QED) is 0.725. The van der Waals surface area contributed by atoms with Crippen LogP contribution in [0.5, 0.6) is 11.6 Å². The zero-order valence-electron chi connectivity index (χ0n) is 10.1. The number of ether oxygens (including phenoxy) is 1. The Labute approximate surface area is 108 Å². The van der Waals surface area contributed by atoms with Crippen molar-refractivity contribution in [3.63, 3.8) is 0 Å². The summed E-state index contributed by atoms with van der Waals surface area (Å²) in [6.07, 6.45) is 2.89. The summed E-state index contributed by atoms with van der Waals surface area (Å²) < 4.78 is 5.70. The number of aromatic amines is 1. The molecule has 94 valence electrons. The Morgan fingerprint density at radius 2 is 2.05 bits per heavy atom. The molecule has 0 saturated carbocycles. The van der Waals surface area contributed by atoms with Crippen molar-refractivity contribution in [3.05, 3.63) is 42.5 Å². The highest BCUT2D eigenvalue weighted by molar-refractivity contribution is 5.97. The summed E-state index contributed by atoms with van der Waals surface area (Å²) in [6.45, 7) is 1.49. The second-order valence-electron chi connectivity index (χ2n) is 3.93. The summed E-state index contributed by atoms with van der Waals surface area (Å²) in [5.41, 5.74) is 1.62. The van der Waals surface area contributed by atoms with E-state index in [1.54, 1.807) is 24.3 Å². The van der Waals surface area contributed by atoms with E-state index in [0.717, 1.165) is 0 Å². The van der Waals surface area contributed by atoms with Gasteiger partial charge in [-0.25, -0.2) is 9.97 Å². The van der Waals surface area contributed by atoms with Gasteiger partial charge in [-0.2, -0.15) is 4.98 Å². The maximum Gasteiger partial charge on any atom is 0.248 e. The molecule has 0 spiro atoms. The van der Waals surface area contributed by atoms with Gasteiger partial charge in [0.15, 0.2) is 11.4 Å². The molecule has 2 aromatic heterocycles. The standard InChI is InChI=1S/C13H10N4O2/c1-8(18)9-4-2-3-5-10(9)19-13-11-12(15-6-14-11)16-7-17-13/h2-7H,1H3,(H,14,15,16,17). The van der Waals surface area contributed by atoms with Crippen molar-refractivity contribution in [2.45, 2.75) is 6.92 Å². The van der Waals surface area contributed by atoms with E-state index < -0.39 is 0 Å². The number of imidazole rings is 1. The molecule has 6 heteroatoms. The molecule has 2 heterocycles. The lowest BCUT2D eigenvalue weighted by Gasteiger charge is -2.08. The van der Waals surface area contributed by atoms with Gasteiger partial charge in [0.1, 0.15) is 17.6 Å². The summed E-state index contributed by atoms with van der Waals surface area (Å²) in [5, 5.41) is 0. The molecule has 1 N–H and O–H groups in total. The highest BCUT2D eigenvalue weighted by Crippen LogP contribution is 2.27. The van der Waals surface area contributed by atoms with E-state index in [-0.39, 0.29) is 5.78 Å². The maximum absolute atomic E-state index is 11.5. The summed E-state index contributed by atoms with van der Waals surface area (Å²) >= 11 is 0. The number of rotatable bonds is 3. The molecular weight excluding hydrogens is 244 g/mol. The van der Waals surface area contributed by atoms with Gasteiger partial charge in [-0.3, -0.25) is 4.79 Å². The highest BCUT2D eigenvalue weighted by atomic mass is 16.5. The molecule has 6 nitrogen and oxygen atoms in total. The van der Waals surface area contributed by atoms with Crippen molar-refractivity contribution >= 4 is 16.9 Å². The number of ketones is 1. The number of nitrogens with one attached hydrogen (secondary N) is 1. The first-order chi connectivity index (χ1) is 9.25. The molecule has 0 aliphatic rings. The van der Waals surface area contributed by atoms with Crippen LogP contribution in [-0.2, 0) is 0 Å². The molecule has 0 fully saturated rings. The van der Waals surface area contributed by atoms with Crippen molar-refractivity contribution in [3.8, 4) is 11.6 Å². The number of carbonyl (C=O) groups excluding carboxylic acids is 1. The number of fused-ring (bicyclic) bond motifs is 1. The fraction of sp³-hybridized carbons (Fsp3) is 0.0769. The number of carbonyl (C=O) groups is 1. The number of aromatic nitrogens is 4. The lowest BCUT2D eigenvalue weighted by molar-refractivity contribution is 0.101. The number of hydrogen-bond acceptors (Lipinski definition) is 5. The number of H-pyrrole nitrogens is 1. The van der Waals surface area contributed by atoms with Gasteiger partial charge >= 0.3 is 0 Å². The predicted molar refractivity (Wildman–Crippen MR) is 68.2 cm³/mol. The average molecular weight is 254 g/mol. The molecule has 0 aliphatic heterocycles. The van der Waals surface area contributed by atoms with Crippen LogP contribution in [0.2, 0.25) is 0 Å². The molecule has 3 aromatic rings. The number of nitrogens with zero attached hydrogens (tertiary/aromatic N) is 3. The minimum Gasteiger partial charge on any atom is -0.436 e. The third-order valence-electron chi connectivity index (χ3n) is 2.66. The van der Waals surface area contributed by atoms with Gasteiger partial charge in [-0.05, 0) is 19.1 Å². The molecule has 0 radical (unpaired) electrons. The van der Waals surface area contributed by atoms with Crippen LogP contribution in [0.4, 0.5) is 0 Å². The molecule has 0 aliphatic carbocycles. The van der Waals surface area contributed by atoms with Crippen molar-refractivity contribution in [1.29, 1.82) is 0 Å². The molecule has 0 saturated heterocycles. The third-order valence-corrected chi connectivity index (χ3v) is 2.66. The van der Waals surface area contributed by atoms with Gasteiger partial charge in [-0.1, -0.05) is 12.1 Å². The van der Waals surface area contributed by atoms with Crippen LogP contribution in [-0.4, -0.2) is 25.7 Å². The first kappa shape index (κ1) is 11.3. The number of hydrogen-bond donors (Lipinski definition) is 1. The zero-order valence-corrected chi connectivity index (χ0v) is 10.1. The van der Waals surface area contributed by atoms with Gasteiger partial charge in [-0.15, -0.1) is 0 Å². The lowest BCUT2D eigenvalue weighted by Crippen LogP contribution is -1.98. The van der Waals surface area contributed by atoms with E-state index in [4.69, 9.17) is 4.74 Å². The largest absolute Gasteiger partial charge is 0.436 e. The second-order valence-corrected chi connectivity index (χ2v) is 3.93. The molecule has 0 bridgehead atoms. The topological polar surface area (TPSA) is 80.8 Å². The normalized spacial score (nSPS) is 10.6. The first-order valence-electron chi connectivity index (χ1n) is 5.67. The van der Waals surface area contributed by atoms with Crippen molar-refractivity contribution < 1.29 is 9.53 Å². The summed E-state index contributed by atoms with van der Waals surface area (Å²) in [6, 6.07) is 7.02. The Balaban J connectivity index is 2.06. The second kappa shape index (κ2) is 4.49. The van der Waals surface area contributed by atoms with Gasteiger partial charge in [0.2, 0.25) is 5.88 Å². The third kappa shape index (κ3) is 2.03. The van der Waals surface area contributed by atoms with Crippen molar-refractivity contribution in [2.24, 2.45) is 0 Å². The van der Waals surface area contributed by atoms with Crippen molar-refractivity contribution in [2.75, 3.05) is 0 Å². The number of benzene rings is 1. The van der Waals surface area contributed by atoms with Crippen LogP contribution in [0.1, 0.15) is 17.3 Å². The van der Waals surface area contributed by atoms with Gasteiger partial charge in [0.05, 0.1) is 11.9 Å². The maximum atomic E-state index is 11.5. The smallest absolute Gasteiger partial charge is 0.248 e. The van der Waals surface area contributed by atoms with Crippen LogP contribution >= 0.6 is 0 Å².